The quantitative estimate of drug-likeness (QED) is 0.401. The topological polar surface area (TPSA) is 44.8 Å². The maximum absolute atomic E-state index is 10.4. The summed E-state index contributed by atoms with van der Waals surface area (Å²) in [6.07, 6.45) is 2.13. The number of carbonyl (C=O) groups is 1. The van der Waals surface area contributed by atoms with Crippen molar-refractivity contribution in [3.63, 3.8) is 0 Å². The van der Waals surface area contributed by atoms with Gasteiger partial charge in [0.1, 0.15) is 0 Å². The van der Waals surface area contributed by atoms with Gasteiger partial charge in [0, 0.05) is 0 Å². The molecule has 1 atom stereocenters. The molecule has 0 amide bonds. The second kappa shape index (κ2) is 3.22. The molecule has 0 spiro atoms. The van der Waals surface area contributed by atoms with E-state index in [0.717, 1.165) is 0 Å². The van der Waals surface area contributed by atoms with Gasteiger partial charge in [0.05, 0.1) is 13.7 Å². The molecule has 0 N–H and O–H groups in total. The van der Waals surface area contributed by atoms with E-state index in [1.807, 2.05) is 0 Å². The van der Waals surface area contributed by atoms with Crippen LogP contribution in [0.2, 0.25) is 0 Å². The van der Waals surface area contributed by atoms with Gasteiger partial charge in [-0.15, -0.1) is 0 Å². The van der Waals surface area contributed by atoms with Crippen LogP contribution in [0.15, 0.2) is 12.2 Å². The summed E-state index contributed by atoms with van der Waals surface area (Å²) in [5, 5.41) is 0. The Bertz CT molecular complexity index is 152. The van der Waals surface area contributed by atoms with Crippen LogP contribution in [0.25, 0.3) is 0 Å². The first kappa shape index (κ1) is 7.08. The molecule has 1 heterocycles. The lowest BCUT2D eigenvalue weighted by Gasteiger charge is -2.07. The number of ether oxygens (including phenoxy) is 3. The van der Waals surface area contributed by atoms with Gasteiger partial charge in [0.2, 0.25) is 6.29 Å². The van der Waals surface area contributed by atoms with Crippen molar-refractivity contribution < 1.29 is 19.0 Å². The molecule has 0 aromatic rings. The zero-order valence-corrected chi connectivity index (χ0v) is 5.57. The predicted octanol–water partition coefficient (Wildman–Crippen LogP) is 0.682. The highest BCUT2D eigenvalue weighted by Crippen LogP contribution is 2.04. The first-order valence-corrected chi connectivity index (χ1v) is 2.86. The van der Waals surface area contributed by atoms with E-state index in [2.05, 4.69) is 9.47 Å². The molecule has 56 valence electrons. The van der Waals surface area contributed by atoms with E-state index >= 15 is 0 Å². The van der Waals surface area contributed by atoms with Crippen molar-refractivity contribution in [1.29, 1.82) is 0 Å². The Morgan fingerprint density at radius 2 is 2.60 bits per heavy atom. The van der Waals surface area contributed by atoms with Crippen LogP contribution in [0.4, 0.5) is 4.79 Å². The molecule has 0 bridgehead atoms. The van der Waals surface area contributed by atoms with Crippen LogP contribution < -0.4 is 0 Å². The summed E-state index contributed by atoms with van der Waals surface area (Å²) in [6, 6.07) is 0. The van der Waals surface area contributed by atoms with E-state index in [-0.39, 0.29) is 0 Å². The molecule has 1 aliphatic rings. The summed E-state index contributed by atoms with van der Waals surface area (Å²) < 4.78 is 13.7. The molecule has 1 aliphatic heterocycles. The molecule has 0 radical (unpaired) electrons. The van der Waals surface area contributed by atoms with E-state index in [1.54, 1.807) is 12.2 Å². The molecule has 0 saturated carbocycles. The molecule has 0 aliphatic carbocycles. The zero-order valence-electron chi connectivity index (χ0n) is 5.57. The second-order valence-electron chi connectivity index (χ2n) is 1.70. The van der Waals surface area contributed by atoms with E-state index in [0.29, 0.717) is 6.61 Å². The van der Waals surface area contributed by atoms with Crippen molar-refractivity contribution in [3.8, 4) is 0 Å². The molecule has 4 nitrogen and oxygen atoms in total. The number of hydrogen-bond donors (Lipinski definition) is 0. The monoisotopic (exact) mass is 144 g/mol. The number of carbonyl (C=O) groups excluding carboxylic acids is 1. The molecule has 1 rings (SSSR count). The largest absolute Gasteiger partial charge is 0.510 e. The first-order chi connectivity index (χ1) is 4.83. The standard InChI is InChI=1S/C6H8O4/c1-8-6(7)10-5-3-2-4-9-5/h2-3,5H,4H2,1H3. The van der Waals surface area contributed by atoms with Crippen LogP contribution in [-0.4, -0.2) is 26.2 Å². The Morgan fingerprint density at radius 3 is 3.10 bits per heavy atom. The van der Waals surface area contributed by atoms with Crippen LogP contribution in [0.3, 0.4) is 0 Å². The van der Waals surface area contributed by atoms with Crippen LogP contribution in [0.5, 0.6) is 0 Å². The third kappa shape index (κ3) is 1.73. The van der Waals surface area contributed by atoms with Crippen molar-refractivity contribution in [2.24, 2.45) is 0 Å². The van der Waals surface area contributed by atoms with Gasteiger partial charge in [-0.2, -0.15) is 0 Å². The summed E-state index contributed by atoms with van der Waals surface area (Å²) in [5.74, 6) is 0. The third-order valence-electron chi connectivity index (χ3n) is 1.03. The maximum atomic E-state index is 10.4. The van der Waals surface area contributed by atoms with Crippen molar-refractivity contribution in [3.05, 3.63) is 12.2 Å². The smallest absolute Gasteiger partial charge is 0.438 e. The number of hydrogen-bond acceptors (Lipinski definition) is 4. The molecule has 10 heavy (non-hydrogen) atoms. The van der Waals surface area contributed by atoms with Crippen molar-refractivity contribution in [2.75, 3.05) is 13.7 Å². The van der Waals surface area contributed by atoms with Gasteiger partial charge >= 0.3 is 6.16 Å². The van der Waals surface area contributed by atoms with Crippen LogP contribution in [0.1, 0.15) is 0 Å². The first-order valence-electron chi connectivity index (χ1n) is 2.86. The minimum absolute atomic E-state index is 0.488. The fraction of sp³-hybridized carbons (Fsp3) is 0.500. The summed E-state index contributed by atoms with van der Waals surface area (Å²) in [6.45, 7) is 0.488. The molecule has 0 saturated heterocycles. The molecule has 1 unspecified atom stereocenters. The van der Waals surface area contributed by atoms with Crippen molar-refractivity contribution in [2.45, 2.75) is 6.29 Å². The molecular formula is C6H8O4. The molecule has 0 aromatic heterocycles. The average molecular weight is 144 g/mol. The van der Waals surface area contributed by atoms with Gasteiger partial charge in [-0.05, 0) is 6.08 Å². The van der Waals surface area contributed by atoms with E-state index < -0.39 is 12.4 Å². The summed E-state index contributed by atoms with van der Waals surface area (Å²) in [5.41, 5.74) is 0. The molecule has 0 aromatic carbocycles. The van der Waals surface area contributed by atoms with Crippen LogP contribution in [-0.2, 0) is 14.2 Å². The highest BCUT2D eigenvalue weighted by molar-refractivity contribution is 5.59. The molecule has 0 fully saturated rings. The Kier molecular flexibility index (Phi) is 2.28. The average Bonchev–Trinajstić information content (AvgIpc) is 2.40. The Morgan fingerprint density at radius 1 is 1.80 bits per heavy atom. The second-order valence-corrected chi connectivity index (χ2v) is 1.70. The summed E-state index contributed by atoms with van der Waals surface area (Å²) in [7, 11) is 1.25. The van der Waals surface area contributed by atoms with E-state index in [9.17, 15) is 4.79 Å². The highest BCUT2D eigenvalue weighted by atomic mass is 16.8. The van der Waals surface area contributed by atoms with Crippen molar-refractivity contribution in [1.82, 2.24) is 0 Å². The lowest BCUT2D eigenvalue weighted by atomic mass is 10.6. The fourth-order valence-corrected chi connectivity index (χ4v) is 0.589. The van der Waals surface area contributed by atoms with Gasteiger partial charge in [0.25, 0.3) is 0 Å². The predicted molar refractivity (Wildman–Crippen MR) is 32.4 cm³/mol. The maximum Gasteiger partial charge on any atom is 0.510 e. The lowest BCUT2D eigenvalue weighted by Crippen LogP contribution is -2.15. The van der Waals surface area contributed by atoms with Gasteiger partial charge in [-0.1, -0.05) is 6.08 Å². The highest BCUT2D eigenvalue weighted by Gasteiger charge is 2.14. The van der Waals surface area contributed by atoms with Crippen LogP contribution >= 0.6 is 0 Å². The van der Waals surface area contributed by atoms with Gasteiger partial charge in [-0.25, -0.2) is 4.79 Å². The van der Waals surface area contributed by atoms with E-state index in [4.69, 9.17) is 4.74 Å². The Hall–Kier alpha value is -1.03. The Balaban J connectivity index is 2.24. The minimum Gasteiger partial charge on any atom is -0.438 e. The van der Waals surface area contributed by atoms with Gasteiger partial charge in [0.15, 0.2) is 0 Å². The third-order valence-corrected chi connectivity index (χ3v) is 1.03. The number of rotatable bonds is 1. The molecule has 4 heteroatoms. The minimum atomic E-state index is -0.725. The summed E-state index contributed by atoms with van der Waals surface area (Å²) in [4.78, 5) is 10.4. The van der Waals surface area contributed by atoms with Gasteiger partial charge < -0.3 is 14.2 Å². The zero-order chi connectivity index (χ0) is 7.40. The van der Waals surface area contributed by atoms with E-state index in [1.165, 1.54) is 7.11 Å². The SMILES string of the molecule is COC(=O)OC1C=CCO1. The normalized spacial score (nSPS) is 22.7. The van der Waals surface area contributed by atoms with Crippen molar-refractivity contribution >= 4 is 6.16 Å². The lowest BCUT2D eigenvalue weighted by molar-refractivity contribution is -0.0710. The van der Waals surface area contributed by atoms with Crippen LogP contribution in [0, 0.1) is 0 Å². The fourth-order valence-electron chi connectivity index (χ4n) is 0.589. The number of methoxy groups -OCH3 is 1. The van der Waals surface area contributed by atoms with Gasteiger partial charge in [-0.3, -0.25) is 0 Å². The molecular weight excluding hydrogens is 136 g/mol. The summed E-state index contributed by atoms with van der Waals surface area (Å²) >= 11 is 0. The Labute approximate surface area is 58.4 Å².